The highest BCUT2D eigenvalue weighted by molar-refractivity contribution is 8.05. The van der Waals surface area contributed by atoms with Crippen molar-refractivity contribution in [1.82, 2.24) is 0 Å². The molecule has 0 unspecified atom stereocenters. The zero-order valence-corrected chi connectivity index (χ0v) is 10.3. The van der Waals surface area contributed by atoms with Gasteiger partial charge < -0.3 is 4.74 Å². The average Bonchev–Trinajstić information content (AvgIpc) is 3.04. The van der Waals surface area contributed by atoms with Gasteiger partial charge in [-0.25, -0.2) is 0 Å². The van der Waals surface area contributed by atoms with Gasteiger partial charge in [0.25, 0.3) is 0 Å². The van der Waals surface area contributed by atoms with Crippen molar-refractivity contribution in [1.29, 1.82) is 0 Å². The molecule has 5 heteroatoms. The molecule has 16 heavy (non-hydrogen) atoms. The monoisotopic (exact) mass is 256 g/mol. The van der Waals surface area contributed by atoms with Crippen LogP contribution in [0.15, 0.2) is 30.3 Å². The second kappa shape index (κ2) is 3.75. The van der Waals surface area contributed by atoms with Gasteiger partial charge in [-0.15, -0.1) is 0 Å². The molecule has 2 fully saturated rings. The molecule has 1 spiro atoms. The normalized spacial score (nSPS) is 36.1. The summed E-state index contributed by atoms with van der Waals surface area (Å²) in [5, 5.41) is 0. The molecule has 0 N–H and O–H groups in total. The first-order valence-corrected chi connectivity index (χ1v) is 7.88. The molecule has 2 heterocycles. The van der Waals surface area contributed by atoms with Gasteiger partial charge in [-0.2, -0.15) is 0 Å². The second-order valence-corrected chi connectivity index (χ2v) is 7.63. The fourth-order valence-corrected chi connectivity index (χ4v) is 6.14. The largest absolute Gasteiger partial charge is 0.335 e. The Morgan fingerprint density at radius 3 is 2.38 bits per heavy atom. The summed E-state index contributed by atoms with van der Waals surface area (Å²) in [6, 6.07) is 9.62. The molecule has 86 valence electrons. The van der Waals surface area contributed by atoms with Crippen LogP contribution in [0.2, 0.25) is 0 Å². The minimum Gasteiger partial charge on any atom is -0.335 e. The molecule has 0 aromatic heterocycles. The van der Waals surface area contributed by atoms with Crippen molar-refractivity contribution in [3.8, 4) is 0 Å². The van der Waals surface area contributed by atoms with Crippen molar-refractivity contribution in [3.05, 3.63) is 35.9 Å². The fraction of sp³-hybridized carbons (Fsp3) is 0.455. The van der Waals surface area contributed by atoms with Gasteiger partial charge in [-0.3, -0.25) is 8.42 Å². The molecule has 3 atom stereocenters. The van der Waals surface area contributed by atoms with E-state index in [-0.39, 0.29) is 6.10 Å². The van der Waals surface area contributed by atoms with Crippen molar-refractivity contribution < 1.29 is 13.2 Å². The van der Waals surface area contributed by atoms with E-state index in [9.17, 15) is 8.42 Å². The Labute approximate surface area is 99.1 Å². The highest BCUT2D eigenvalue weighted by Crippen LogP contribution is 2.55. The van der Waals surface area contributed by atoms with E-state index in [1.807, 2.05) is 30.3 Å². The standard InChI is InChI=1S/C11H12O3S2/c12-15-7-4-8-16(13)11(15)10(14-11)9-5-2-1-3-6-9/h1-3,5-6,10H,4,7-8H2/t10-,15-,16-/m1/s1. The van der Waals surface area contributed by atoms with Gasteiger partial charge in [0.15, 0.2) is 0 Å². The molecule has 3 rings (SSSR count). The van der Waals surface area contributed by atoms with E-state index in [0.717, 1.165) is 12.0 Å². The number of ether oxygens (including phenoxy) is 1. The Morgan fingerprint density at radius 2 is 1.75 bits per heavy atom. The summed E-state index contributed by atoms with van der Waals surface area (Å²) in [5.74, 6) is 1.21. The minimum atomic E-state index is -1.12. The van der Waals surface area contributed by atoms with Gasteiger partial charge in [0, 0.05) is 11.5 Å². The SMILES string of the molecule is O=[S@@]1CCC[S@@](=O)C12O[C@@H]2c1ccccc1. The molecule has 0 saturated carbocycles. The third kappa shape index (κ3) is 1.42. The van der Waals surface area contributed by atoms with Crippen molar-refractivity contribution in [3.63, 3.8) is 0 Å². The van der Waals surface area contributed by atoms with E-state index in [4.69, 9.17) is 4.74 Å². The molecular formula is C11H12O3S2. The first-order chi connectivity index (χ1) is 7.75. The molecular weight excluding hydrogens is 244 g/mol. The minimum absolute atomic E-state index is 0.240. The van der Waals surface area contributed by atoms with Crippen molar-refractivity contribution in [2.75, 3.05) is 11.5 Å². The maximum atomic E-state index is 12.0. The van der Waals surface area contributed by atoms with Gasteiger partial charge in [0.2, 0.25) is 4.27 Å². The third-order valence-corrected chi connectivity index (χ3v) is 7.27. The number of hydrogen-bond acceptors (Lipinski definition) is 3. The van der Waals surface area contributed by atoms with Crippen LogP contribution in [0.25, 0.3) is 0 Å². The van der Waals surface area contributed by atoms with Crippen LogP contribution >= 0.6 is 0 Å². The molecule has 2 aliphatic heterocycles. The number of epoxide rings is 1. The lowest BCUT2D eigenvalue weighted by molar-refractivity contribution is 0.389. The Hall–Kier alpha value is -0.520. The lowest BCUT2D eigenvalue weighted by atomic mass is 10.2. The van der Waals surface area contributed by atoms with Crippen LogP contribution in [-0.2, 0) is 26.3 Å². The summed E-state index contributed by atoms with van der Waals surface area (Å²) in [6.07, 6.45) is 0.530. The predicted octanol–water partition coefficient (Wildman–Crippen LogP) is 1.31. The molecule has 0 bridgehead atoms. The first kappa shape index (κ1) is 10.6. The zero-order chi connectivity index (χ0) is 11.2. The molecule has 1 aromatic rings. The van der Waals surface area contributed by atoms with Crippen molar-refractivity contribution in [2.24, 2.45) is 0 Å². The zero-order valence-electron chi connectivity index (χ0n) is 8.63. The number of rotatable bonds is 1. The fourth-order valence-electron chi connectivity index (χ4n) is 2.09. The molecule has 2 saturated heterocycles. The summed E-state index contributed by atoms with van der Waals surface area (Å²) in [4.78, 5) is 0. The maximum absolute atomic E-state index is 12.0. The van der Waals surface area contributed by atoms with Crippen LogP contribution in [0.3, 0.4) is 0 Å². The third-order valence-electron chi connectivity index (χ3n) is 2.94. The van der Waals surface area contributed by atoms with Gasteiger partial charge >= 0.3 is 0 Å². The Kier molecular flexibility index (Phi) is 2.49. The Balaban J connectivity index is 1.93. The first-order valence-electron chi connectivity index (χ1n) is 5.25. The van der Waals surface area contributed by atoms with Crippen LogP contribution in [0.4, 0.5) is 0 Å². The van der Waals surface area contributed by atoms with Crippen LogP contribution in [-0.4, -0.2) is 24.2 Å². The highest BCUT2D eigenvalue weighted by Gasteiger charge is 2.67. The summed E-state index contributed by atoms with van der Waals surface area (Å²) in [7, 11) is -2.24. The van der Waals surface area contributed by atoms with E-state index in [2.05, 4.69) is 0 Å². The van der Waals surface area contributed by atoms with Crippen LogP contribution in [0.5, 0.6) is 0 Å². The molecule has 0 amide bonds. The van der Waals surface area contributed by atoms with Crippen molar-refractivity contribution >= 4 is 21.6 Å². The van der Waals surface area contributed by atoms with Gasteiger partial charge in [0.05, 0.1) is 21.6 Å². The van der Waals surface area contributed by atoms with E-state index >= 15 is 0 Å². The van der Waals surface area contributed by atoms with E-state index in [1.54, 1.807) is 0 Å². The Bertz CT molecular complexity index is 442. The van der Waals surface area contributed by atoms with Crippen LogP contribution in [0.1, 0.15) is 18.1 Å². The summed E-state index contributed by atoms with van der Waals surface area (Å²) < 4.78 is 28.6. The Morgan fingerprint density at radius 1 is 1.12 bits per heavy atom. The highest BCUT2D eigenvalue weighted by atomic mass is 32.2. The second-order valence-electron chi connectivity index (χ2n) is 3.96. The van der Waals surface area contributed by atoms with Gasteiger partial charge in [0.1, 0.15) is 6.10 Å². The molecule has 1 aromatic carbocycles. The summed E-state index contributed by atoms with van der Waals surface area (Å²) >= 11 is 0. The van der Waals surface area contributed by atoms with E-state index in [1.165, 1.54) is 0 Å². The molecule has 0 aliphatic carbocycles. The smallest absolute Gasteiger partial charge is 0.249 e. The topological polar surface area (TPSA) is 46.7 Å². The number of benzene rings is 1. The van der Waals surface area contributed by atoms with Crippen molar-refractivity contribution in [2.45, 2.75) is 16.8 Å². The lowest BCUT2D eigenvalue weighted by Crippen LogP contribution is -2.34. The maximum Gasteiger partial charge on any atom is 0.249 e. The lowest BCUT2D eigenvalue weighted by Gasteiger charge is -2.17. The quantitative estimate of drug-likeness (QED) is 0.712. The molecule has 2 aliphatic rings. The molecule has 0 radical (unpaired) electrons. The predicted molar refractivity (Wildman–Crippen MR) is 63.6 cm³/mol. The van der Waals surface area contributed by atoms with Gasteiger partial charge in [-0.05, 0) is 12.0 Å². The molecule has 3 nitrogen and oxygen atoms in total. The van der Waals surface area contributed by atoms with Gasteiger partial charge in [-0.1, -0.05) is 30.3 Å². The van der Waals surface area contributed by atoms with Crippen LogP contribution < -0.4 is 0 Å². The average molecular weight is 256 g/mol. The summed E-state index contributed by atoms with van der Waals surface area (Å²) in [5.41, 5.74) is 0.978. The number of hydrogen-bond donors (Lipinski definition) is 0. The van der Waals surface area contributed by atoms with Crippen LogP contribution in [0, 0.1) is 0 Å². The summed E-state index contributed by atoms with van der Waals surface area (Å²) in [6.45, 7) is 0. The van der Waals surface area contributed by atoms with E-state index < -0.39 is 25.9 Å². The van der Waals surface area contributed by atoms with E-state index in [0.29, 0.717) is 11.5 Å².